The molecule has 1 N–H and O–H groups in total. The third kappa shape index (κ3) is 3.76. The van der Waals surface area contributed by atoms with Gasteiger partial charge in [-0.2, -0.15) is 0 Å². The molecular weight excluding hydrogens is 274 g/mol. The van der Waals surface area contributed by atoms with E-state index in [9.17, 15) is 4.79 Å². The largest absolute Gasteiger partial charge is 0.478 e. The van der Waals surface area contributed by atoms with Gasteiger partial charge in [0, 0.05) is 29.9 Å². The molecule has 1 fully saturated rings. The Morgan fingerprint density at radius 1 is 1.55 bits per heavy atom. The Morgan fingerprint density at radius 3 is 3.05 bits per heavy atom. The summed E-state index contributed by atoms with van der Waals surface area (Å²) in [5.41, 5.74) is 1.95. The van der Waals surface area contributed by atoms with Crippen molar-refractivity contribution in [3.05, 3.63) is 34.9 Å². The maximum atomic E-state index is 10.7. The molecule has 108 valence electrons. The SMILES string of the molecule is CCC1CCCN(c2ccc(Cl)cc2/C=C/C(=O)O)C1. The number of hydrogen-bond acceptors (Lipinski definition) is 2. The van der Waals surface area contributed by atoms with Gasteiger partial charge in [0.15, 0.2) is 0 Å². The minimum atomic E-state index is -0.944. The Bertz CT molecular complexity index is 513. The van der Waals surface area contributed by atoms with Gasteiger partial charge in [-0.05, 0) is 48.6 Å². The first kappa shape index (κ1) is 14.9. The Labute approximate surface area is 124 Å². The van der Waals surface area contributed by atoms with Crippen LogP contribution in [0.2, 0.25) is 5.02 Å². The van der Waals surface area contributed by atoms with Crippen molar-refractivity contribution in [2.45, 2.75) is 26.2 Å². The zero-order chi connectivity index (χ0) is 14.5. The Kier molecular flexibility index (Phi) is 5.07. The van der Waals surface area contributed by atoms with Crippen molar-refractivity contribution in [3.63, 3.8) is 0 Å². The zero-order valence-electron chi connectivity index (χ0n) is 11.7. The van der Waals surface area contributed by atoms with Gasteiger partial charge in [0.2, 0.25) is 0 Å². The fraction of sp³-hybridized carbons (Fsp3) is 0.438. The van der Waals surface area contributed by atoms with Crippen molar-refractivity contribution in [1.82, 2.24) is 0 Å². The van der Waals surface area contributed by atoms with E-state index in [0.29, 0.717) is 5.02 Å². The standard InChI is InChI=1S/C16H20ClNO2/c1-2-12-4-3-9-18(11-12)15-7-6-14(17)10-13(15)5-8-16(19)20/h5-8,10,12H,2-4,9,11H2,1H3,(H,19,20)/b8-5+. The maximum absolute atomic E-state index is 10.7. The first-order valence-corrected chi connectivity index (χ1v) is 7.43. The molecule has 1 aliphatic rings. The highest BCUT2D eigenvalue weighted by atomic mass is 35.5. The second kappa shape index (κ2) is 6.80. The van der Waals surface area contributed by atoms with E-state index in [4.69, 9.17) is 16.7 Å². The number of benzene rings is 1. The fourth-order valence-electron chi connectivity index (χ4n) is 2.73. The summed E-state index contributed by atoms with van der Waals surface area (Å²) in [5, 5.41) is 9.42. The molecule has 0 spiro atoms. The summed E-state index contributed by atoms with van der Waals surface area (Å²) in [6.45, 7) is 4.28. The molecule has 1 aromatic carbocycles. The van der Waals surface area contributed by atoms with Gasteiger partial charge in [-0.3, -0.25) is 0 Å². The number of piperidine rings is 1. The van der Waals surface area contributed by atoms with Crippen LogP contribution in [0, 0.1) is 5.92 Å². The van der Waals surface area contributed by atoms with E-state index in [-0.39, 0.29) is 0 Å². The summed E-state index contributed by atoms with van der Waals surface area (Å²) in [4.78, 5) is 13.1. The normalized spacial score (nSPS) is 19.5. The summed E-state index contributed by atoms with van der Waals surface area (Å²) in [5.74, 6) is -0.225. The highest BCUT2D eigenvalue weighted by Gasteiger charge is 2.20. The summed E-state index contributed by atoms with van der Waals surface area (Å²) in [6, 6.07) is 5.68. The molecule has 1 heterocycles. The van der Waals surface area contributed by atoms with E-state index in [1.165, 1.54) is 19.3 Å². The summed E-state index contributed by atoms with van der Waals surface area (Å²) in [6.07, 6.45) is 6.43. The van der Waals surface area contributed by atoms with Crippen LogP contribution in [-0.2, 0) is 4.79 Å². The van der Waals surface area contributed by atoms with Gasteiger partial charge < -0.3 is 10.0 Å². The molecular formula is C16H20ClNO2. The number of carbonyl (C=O) groups is 1. The van der Waals surface area contributed by atoms with Crippen LogP contribution in [0.25, 0.3) is 6.08 Å². The first-order valence-electron chi connectivity index (χ1n) is 7.05. The molecule has 3 nitrogen and oxygen atoms in total. The van der Waals surface area contributed by atoms with Gasteiger partial charge in [0.25, 0.3) is 0 Å². The molecule has 0 radical (unpaired) electrons. The molecule has 20 heavy (non-hydrogen) atoms. The fourth-order valence-corrected chi connectivity index (χ4v) is 2.91. The number of rotatable bonds is 4. The van der Waals surface area contributed by atoms with Crippen LogP contribution in [0.1, 0.15) is 31.7 Å². The Morgan fingerprint density at radius 2 is 2.35 bits per heavy atom. The van der Waals surface area contributed by atoms with Crippen molar-refractivity contribution in [2.24, 2.45) is 5.92 Å². The Hall–Kier alpha value is -1.48. The van der Waals surface area contributed by atoms with E-state index in [1.807, 2.05) is 18.2 Å². The number of carboxylic acid groups (broad SMARTS) is 1. The highest BCUT2D eigenvalue weighted by molar-refractivity contribution is 6.30. The van der Waals surface area contributed by atoms with Crippen molar-refractivity contribution < 1.29 is 9.90 Å². The number of carboxylic acids is 1. The molecule has 1 saturated heterocycles. The van der Waals surface area contributed by atoms with Crippen molar-refractivity contribution in [2.75, 3.05) is 18.0 Å². The lowest BCUT2D eigenvalue weighted by molar-refractivity contribution is -0.131. The number of aliphatic carboxylic acids is 1. The maximum Gasteiger partial charge on any atom is 0.328 e. The lowest BCUT2D eigenvalue weighted by Gasteiger charge is -2.35. The summed E-state index contributed by atoms with van der Waals surface area (Å²) >= 11 is 6.03. The highest BCUT2D eigenvalue weighted by Crippen LogP contribution is 2.30. The average Bonchev–Trinajstić information content (AvgIpc) is 2.45. The quantitative estimate of drug-likeness (QED) is 0.851. The molecule has 0 saturated carbocycles. The predicted molar refractivity (Wildman–Crippen MR) is 83.3 cm³/mol. The van der Waals surface area contributed by atoms with Crippen LogP contribution in [0.15, 0.2) is 24.3 Å². The molecule has 0 amide bonds. The van der Waals surface area contributed by atoms with E-state index in [0.717, 1.165) is 36.3 Å². The molecule has 1 atom stereocenters. The van der Waals surface area contributed by atoms with Crippen molar-refractivity contribution in [3.8, 4) is 0 Å². The number of nitrogens with zero attached hydrogens (tertiary/aromatic N) is 1. The van der Waals surface area contributed by atoms with Crippen LogP contribution in [0.4, 0.5) is 5.69 Å². The summed E-state index contributed by atoms with van der Waals surface area (Å²) in [7, 11) is 0. The second-order valence-corrected chi connectivity index (χ2v) is 5.67. The molecule has 4 heteroatoms. The van der Waals surface area contributed by atoms with Gasteiger partial charge in [0.1, 0.15) is 0 Å². The third-order valence-electron chi connectivity index (χ3n) is 3.83. The molecule has 1 aromatic rings. The minimum Gasteiger partial charge on any atom is -0.478 e. The van der Waals surface area contributed by atoms with E-state index in [2.05, 4.69) is 11.8 Å². The lowest BCUT2D eigenvalue weighted by Crippen LogP contribution is -2.35. The topological polar surface area (TPSA) is 40.5 Å². The molecule has 1 aliphatic heterocycles. The molecule has 0 aromatic heterocycles. The van der Waals surface area contributed by atoms with Crippen LogP contribution < -0.4 is 4.90 Å². The Balaban J connectivity index is 2.28. The van der Waals surface area contributed by atoms with E-state index in [1.54, 1.807) is 6.08 Å². The van der Waals surface area contributed by atoms with Crippen molar-refractivity contribution in [1.29, 1.82) is 0 Å². The number of anilines is 1. The van der Waals surface area contributed by atoms with Crippen LogP contribution >= 0.6 is 11.6 Å². The lowest BCUT2D eigenvalue weighted by atomic mass is 9.94. The van der Waals surface area contributed by atoms with Gasteiger partial charge in [-0.25, -0.2) is 4.79 Å². The van der Waals surface area contributed by atoms with E-state index >= 15 is 0 Å². The van der Waals surface area contributed by atoms with Crippen LogP contribution in [-0.4, -0.2) is 24.2 Å². The molecule has 2 rings (SSSR count). The number of halogens is 1. The van der Waals surface area contributed by atoms with Gasteiger partial charge in [0.05, 0.1) is 0 Å². The average molecular weight is 294 g/mol. The second-order valence-electron chi connectivity index (χ2n) is 5.24. The number of hydrogen-bond donors (Lipinski definition) is 1. The van der Waals surface area contributed by atoms with Crippen molar-refractivity contribution >= 4 is 29.3 Å². The minimum absolute atomic E-state index is 0.628. The molecule has 1 unspecified atom stereocenters. The first-order chi connectivity index (χ1) is 9.60. The van der Waals surface area contributed by atoms with Gasteiger partial charge in [-0.1, -0.05) is 24.9 Å². The molecule has 0 aliphatic carbocycles. The predicted octanol–water partition coefficient (Wildman–Crippen LogP) is 4.06. The smallest absolute Gasteiger partial charge is 0.328 e. The van der Waals surface area contributed by atoms with Gasteiger partial charge >= 0.3 is 5.97 Å². The molecule has 0 bridgehead atoms. The summed E-state index contributed by atoms with van der Waals surface area (Å²) < 4.78 is 0. The van der Waals surface area contributed by atoms with Gasteiger partial charge in [-0.15, -0.1) is 0 Å². The van der Waals surface area contributed by atoms with Crippen LogP contribution in [0.3, 0.4) is 0 Å². The third-order valence-corrected chi connectivity index (χ3v) is 4.07. The van der Waals surface area contributed by atoms with E-state index < -0.39 is 5.97 Å². The van der Waals surface area contributed by atoms with Crippen LogP contribution in [0.5, 0.6) is 0 Å². The monoisotopic (exact) mass is 293 g/mol. The zero-order valence-corrected chi connectivity index (χ0v) is 12.4.